The Kier molecular flexibility index (Phi) is 8.08. The third kappa shape index (κ3) is 5.75. The first-order valence-electron chi connectivity index (χ1n) is 11.9. The molecule has 0 atom stereocenters. The standard InChI is InChI=1S/C28H25N3O9/c1-16(32)39-14-20-9-19-10-24(37-3)25(38-4)12-22(19)28(23(20)15-40-17(2)33)18-7-8-29-26(11-18)30-13-21(31(35)36)5-6-27(30)34/h5-13H,14-15H2,1-4H3. The van der Waals surface area contributed by atoms with Crippen molar-refractivity contribution in [3.05, 3.63) is 86.5 Å². The molecule has 0 aliphatic rings. The number of esters is 2. The van der Waals surface area contributed by atoms with Crippen molar-refractivity contribution in [1.82, 2.24) is 9.55 Å². The molecule has 4 aromatic rings. The molecule has 0 spiro atoms. The maximum atomic E-state index is 12.6. The molecule has 0 N–H and O–H groups in total. The van der Waals surface area contributed by atoms with Crippen LogP contribution in [0.15, 0.2) is 59.7 Å². The molecule has 12 nitrogen and oxygen atoms in total. The Labute approximate surface area is 227 Å². The average molecular weight is 548 g/mol. The van der Waals surface area contributed by atoms with Crippen molar-refractivity contribution >= 4 is 28.4 Å². The van der Waals surface area contributed by atoms with E-state index in [1.54, 1.807) is 30.3 Å². The van der Waals surface area contributed by atoms with Crippen LogP contribution in [0.2, 0.25) is 0 Å². The molecule has 0 aliphatic heterocycles. The van der Waals surface area contributed by atoms with Crippen molar-refractivity contribution in [3.8, 4) is 28.4 Å². The fraction of sp³-hybridized carbons (Fsp3) is 0.214. The van der Waals surface area contributed by atoms with Gasteiger partial charge in [0.25, 0.3) is 11.2 Å². The summed E-state index contributed by atoms with van der Waals surface area (Å²) in [7, 11) is 3.00. The number of hydrogen-bond acceptors (Lipinski definition) is 10. The van der Waals surface area contributed by atoms with Crippen molar-refractivity contribution in [2.24, 2.45) is 0 Å². The number of aromatic nitrogens is 2. The van der Waals surface area contributed by atoms with E-state index in [4.69, 9.17) is 18.9 Å². The molecule has 0 amide bonds. The molecule has 0 bridgehead atoms. The third-order valence-corrected chi connectivity index (χ3v) is 6.08. The summed E-state index contributed by atoms with van der Waals surface area (Å²) in [5.41, 5.74) is 1.44. The fourth-order valence-electron chi connectivity index (χ4n) is 4.27. The second kappa shape index (κ2) is 11.6. The predicted molar refractivity (Wildman–Crippen MR) is 143 cm³/mol. The van der Waals surface area contributed by atoms with Gasteiger partial charge in [-0.15, -0.1) is 0 Å². The molecule has 2 aromatic heterocycles. The third-order valence-electron chi connectivity index (χ3n) is 6.08. The van der Waals surface area contributed by atoms with Gasteiger partial charge in [-0.1, -0.05) is 0 Å². The minimum absolute atomic E-state index is 0.106. The summed E-state index contributed by atoms with van der Waals surface area (Å²) in [6.45, 7) is 2.30. The minimum Gasteiger partial charge on any atom is -0.493 e. The predicted octanol–water partition coefficient (Wildman–Crippen LogP) is 4.10. The van der Waals surface area contributed by atoms with Crippen LogP contribution >= 0.6 is 0 Å². The Hall–Kier alpha value is -5.26. The van der Waals surface area contributed by atoms with Gasteiger partial charge in [-0.25, -0.2) is 4.98 Å². The summed E-state index contributed by atoms with van der Waals surface area (Å²) in [6.07, 6.45) is 2.55. The van der Waals surface area contributed by atoms with E-state index < -0.39 is 22.4 Å². The van der Waals surface area contributed by atoms with Gasteiger partial charge in [-0.05, 0) is 57.8 Å². The lowest BCUT2D eigenvalue weighted by Crippen LogP contribution is -2.18. The van der Waals surface area contributed by atoms with E-state index in [-0.39, 0.29) is 24.7 Å². The molecular weight excluding hydrogens is 522 g/mol. The van der Waals surface area contributed by atoms with Crippen LogP contribution in [0.4, 0.5) is 5.69 Å². The molecule has 0 unspecified atom stereocenters. The largest absolute Gasteiger partial charge is 0.493 e. The van der Waals surface area contributed by atoms with Crippen LogP contribution in [-0.2, 0) is 32.3 Å². The van der Waals surface area contributed by atoms with Crippen molar-refractivity contribution in [2.45, 2.75) is 27.1 Å². The van der Waals surface area contributed by atoms with Crippen molar-refractivity contribution < 1.29 is 33.5 Å². The molecule has 2 aromatic carbocycles. The van der Waals surface area contributed by atoms with E-state index in [1.807, 2.05) is 0 Å². The Bertz CT molecular complexity index is 1690. The number of nitrogens with zero attached hydrogens (tertiary/aromatic N) is 3. The molecule has 0 radical (unpaired) electrons. The summed E-state index contributed by atoms with van der Waals surface area (Å²) in [6, 6.07) is 10.8. The number of rotatable bonds is 9. The molecule has 40 heavy (non-hydrogen) atoms. The van der Waals surface area contributed by atoms with Crippen LogP contribution in [0.1, 0.15) is 25.0 Å². The van der Waals surface area contributed by atoms with Gasteiger partial charge in [0.2, 0.25) is 0 Å². The SMILES string of the molecule is COc1cc2cc(COC(C)=O)c(COC(C)=O)c(-c3ccnc(-n4cc([N+](=O)[O-])ccc4=O)c3)c2cc1OC. The van der Waals surface area contributed by atoms with Crippen molar-refractivity contribution in [1.29, 1.82) is 0 Å². The monoisotopic (exact) mass is 547 g/mol. The molecule has 2 heterocycles. The van der Waals surface area contributed by atoms with Crippen molar-refractivity contribution in [3.63, 3.8) is 0 Å². The molecule has 12 heteroatoms. The number of carbonyl (C=O) groups is 2. The number of benzene rings is 2. The Morgan fingerprint density at radius 1 is 0.950 bits per heavy atom. The van der Waals surface area contributed by atoms with Gasteiger partial charge >= 0.3 is 11.9 Å². The molecule has 4 rings (SSSR count). The highest BCUT2D eigenvalue weighted by atomic mass is 16.6. The minimum atomic E-state index is -0.608. The van der Waals surface area contributed by atoms with Gasteiger partial charge in [0.1, 0.15) is 19.0 Å². The number of fused-ring (bicyclic) bond motifs is 1. The highest BCUT2D eigenvalue weighted by Gasteiger charge is 2.21. The summed E-state index contributed by atoms with van der Waals surface area (Å²) in [5.74, 6) is 0.0138. The second-order valence-corrected chi connectivity index (χ2v) is 8.63. The lowest BCUT2D eigenvalue weighted by molar-refractivity contribution is -0.385. The van der Waals surface area contributed by atoms with E-state index in [1.165, 1.54) is 34.3 Å². The number of methoxy groups -OCH3 is 2. The first kappa shape index (κ1) is 27.8. The summed E-state index contributed by atoms with van der Waals surface area (Å²) in [5, 5.41) is 12.7. The summed E-state index contributed by atoms with van der Waals surface area (Å²) < 4.78 is 22.8. The van der Waals surface area contributed by atoms with Crippen LogP contribution in [0.3, 0.4) is 0 Å². The smallest absolute Gasteiger partial charge is 0.302 e. The van der Waals surface area contributed by atoms with E-state index in [0.717, 1.165) is 22.9 Å². The van der Waals surface area contributed by atoms with Crippen LogP contribution in [0.25, 0.3) is 27.7 Å². The Morgan fingerprint density at radius 3 is 2.27 bits per heavy atom. The average Bonchev–Trinajstić information content (AvgIpc) is 2.93. The number of hydrogen-bond donors (Lipinski definition) is 0. The zero-order chi connectivity index (χ0) is 29.0. The number of carbonyl (C=O) groups excluding carboxylic acids is 2. The molecule has 0 fully saturated rings. The molecule has 0 aliphatic carbocycles. The number of nitro groups is 1. The Balaban J connectivity index is 2.05. The van der Waals surface area contributed by atoms with E-state index in [9.17, 15) is 24.5 Å². The van der Waals surface area contributed by atoms with E-state index in [0.29, 0.717) is 44.5 Å². The second-order valence-electron chi connectivity index (χ2n) is 8.63. The van der Waals surface area contributed by atoms with Gasteiger partial charge in [-0.3, -0.25) is 29.1 Å². The first-order valence-corrected chi connectivity index (χ1v) is 11.9. The summed E-state index contributed by atoms with van der Waals surface area (Å²) >= 11 is 0. The maximum absolute atomic E-state index is 12.6. The topological polar surface area (TPSA) is 149 Å². The van der Waals surface area contributed by atoms with Gasteiger partial charge < -0.3 is 18.9 Å². The highest BCUT2D eigenvalue weighted by Crippen LogP contribution is 2.41. The lowest BCUT2D eigenvalue weighted by Gasteiger charge is -2.20. The molecular formula is C28H25N3O9. The maximum Gasteiger partial charge on any atom is 0.302 e. The lowest BCUT2D eigenvalue weighted by atomic mass is 9.90. The molecule has 206 valence electrons. The quantitative estimate of drug-likeness (QED) is 0.170. The first-order chi connectivity index (χ1) is 19.1. The highest BCUT2D eigenvalue weighted by molar-refractivity contribution is 6.01. The van der Waals surface area contributed by atoms with Gasteiger partial charge in [0.15, 0.2) is 11.5 Å². The van der Waals surface area contributed by atoms with Gasteiger partial charge in [0.05, 0.1) is 25.3 Å². The molecule has 0 saturated carbocycles. The summed E-state index contributed by atoms with van der Waals surface area (Å²) in [4.78, 5) is 51.1. The van der Waals surface area contributed by atoms with Crippen LogP contribution in [0, 0.1) is 10.1 Å². The zero-order valence-corrected chi connectivity index (χ0v) is 22.1. The molecule has 0 saturated heterocycles. The normalized spacial score (nSPS) is 10.7. The van der Waals surface area contributed by atoms with E-state index in [2.05, 4.69) is 4.98 Å². The van der Waals surface area contributed by atoms with Gasteiger partial charge in [0, 0.05) is 37.7 Å². The van der Waals surface area contributed by atoms with Crippen LogP contribution in [-0.4, -0.2) is 40.6 Å². The number of ether oxygens (including phenoxy) is 4. The number of pyridine rings is 2. The van der Waals surface area contributed by atoms with Crippen LogP contribution < -0.4 is 15.0 Å². The van der Waals surface area contributed by atoms with Crippen molar-refractivity contribution in [2.75, 3.05) is 14.2 Å². The Morgan fingerprint density at radius 2 is 1.62 bits per heavy atom. The van der Waals surface area contributed by atoms with Crippen LogP contribution in [0.5, 0.6) is 11.5 Å². The fourth-order valence-corrected chi connectivity index (χ4v) is 4.27. The zero-order valence-electron chi connectivity index (χ0n) is 22.1. The van der Waals surface area contributed by atoms with Gasteiger partial charge in [-0.2, -0.15) is 0 Å². The van der Waals surface area contributed by atoms with E-state index >= 15 is 0 Å².